The maximum atomic E-state index is 10.9. The summed E-state index contributed by atoms with van der Waals surface area (Å²) in [5, 5.41) is 2.97. The lowest BCUT2D eigenvalue weighted by Crippen LogP contribution is -2.23. The average molecular weight is 303 g/mol. The van der Waals surface area contributed by atoms with Gasteiger partial charge in [-0.25, -0.2) is 0 Å². The lowest BCUT2D eigenvalue weighted by molar-refractivity contribution is -0.118. The molecule has 0 saturated carbocycles. The van der Waals surface area contributed by atoms with Crippen LogP contribution in [0, 0.1) is 0 Å². The van der Waals surface area contributed by atoms with Crippen LogP contribution in [0.3, 0.4) is 0 Å². The van der Waals surface area contributed by atoms with Crippen LogP contribution in [0.4, 0.5) is 0 Å². The molecule has 1 rings (SSSR count). The SMILES string of the molecule is O=C(CBr)NCc1cc(Cl)sc1Cl. The van der Waals surface area contributed by atoms with Crippen LogP contribution in [-0.4, -0.2) is 11.2 Å². The van der Waals surface area contributed by atoms with E-state index >= 15 is 0 Å². The van der Waals surface area contributed by atoms with Crippen molar-refractivity contribution in [3.05, 3.63) is 20.3 Å². The van der Waals surface area contributed by atoms with Crippen molar-refractivity contribution in [2.45, 2.75) is 6.54 Å². The predicted molar refractivity (Wildman–Crippen MR) is 60.0 cm³/mol. The Labute approximate surface area is 98.4 Å². The zero-order valence-corrected chi connectivity index (χ0v) is 10.4. The lowest BCUT2D eigenvalue weighted by Gasteiger charge is -2.00. The van der Waals surface area contributed by atoms with E-state index in [0.717, 1.165) is 5.56 Å². The van der Waals surface area contributed by atoms with Crippen LogP contribution >= 0.6 is 50.5 Å². The van der Waals surface area contributed by atoms with E-state index in [-0.39, 0.29) is 5.91 Å². The minimum Gasteiger partial charge on any atom is -0.351 e. The number of thiophene rings is 1. The van der Waals surface area contributed by atoms with Gasteiger partial charge in [-0.05, 0) is 6.07 Å². The summed E-state index contributed by atoms with van der Waals surface area (Å²) < 4.78 is 1.26. The van der Waals surface area contributed by atoms with E-state index in [1.807, 2.05) is 0 Å². The summed E-state index contributed by atoms with van der Waals surface area (Å²) in [7, 11) is 0. The Bertz CT molecular complexity index is 315. The van der Waals surface area contributed by atoms with Gasteiger partial charge in [0.2, 0.25) is 5.91 Å². The van der Waals surface area contributed by atoms with Crippen molar-refractivity contribution in [2.75, 3.05) is 5.33 Å². The smallest absolute Gasteiger partial charge is 0.230 e. The van der Waals surface area contributed by atoms with Gasteiger partial charge in [0.05, 0.1) is 14.0 Å². The molecule has 0 spiro atoms. The van der Waals surface area contributed by atoms with Gasteiger partial charge in [-0.2, -0.15) is 0 Å². The van der Waals surface area contributed by atoms with Crippen molar-refractivity contribution in [3.63, 3.8) is 0 Å². The van der Waals surface area contributed by atoms with Crippen molar-refractivity contribution in [1.82, 2.24) is 5.32 Å². The van der Waals surface area contributed by atoms with Crippen LogP contribution in [0.2, 0.25) is 8.67 Å². The van der Waals surface area contributed by atoms with Crippen LogP contribution in [0.25, 0.3) is 0 Å². The molecule has 0 atom stereocenters. The van der Waals surface area contributed by atoms with Crippen molar-refractivity contribution >= 4 is 56.4 Å². The number of carbonyl (C=O) groups is 1. The number of amides is 1. The maximum absolute atomic E-state index is 10.9. The third kappa shape index (κ3) is 3.46. The second-order valence-electron chi connectivity index (χ2n) is 2.26. The number of hydrogen-bond acceptors (Lipinski definition) is 2. The average Bonchev–Trinajstić information content (AvgIpc) is 2.41. The van der Waals surface area contributed by atoms with E-state index in [1.54, 1.807) is 6.07 Å². The molecule has 72 valence electrons. The molecule has 0 aromatic carbocycles. The van der Waals surface area contributed by atoms with Crippen molar-refractivity contribution in [2.24, 2.45) is 0 Å². The van der Waals surface area contributed by atoms with Crippen molar-refractivity contribution < 1.29 is 4.79 Å². The Morgan fingerprint density at radius 1 is 1.62 bits per heavy atom. The van der Waals surface area contributed by atoms with E-state index < -0.39 is 0 Å². The number of carbonyl (C=O) groups excluding carboxylic acids is 1. The highest BCUT2D eigenvalue weighted by atomic mass is 79.9. The fourth-order valence-corrected chi connectivity index (χ4v) is 2.42. The van der Waals surface area contributed by atoms with Crippen LogP contribution in [0.1, 0.15) is 5.56 Å². The highest BCUT2D eigenvalue weighted by molar-refractivity contribution is 9.09. The molecule has 0 unspecified atom stereocenters. The second kappa shape index (κ2) is 5.20. The molecule has 1 aromatic rings. The third-order valence-electron chi connectivity index (χ3n) is 1.32. The Morgan fingerprint density at radius 2 is 2.31 bits per heavy atom. The van der Waals surface area contributed by atoms with Gasteiger partial charge in [0.1, 0.15) is 0 Å². The fraction of sp³-hybridized carbons (Fsp3) is 0.286. The summed E-state index contributed by atoms with van der Waals surface area (Å²) >= 11 is 15.9. The van der Waals surface area contributed by atoms with Crippen molar-refractivity contribution in [1.29, 1.82) is 0 Å². The summed E-state index contributed by atoms with van der Waals surface area (Å²) in [4.78, 5) is 10.9. The summed E-state index contributed by atoms with van der Waals surface area (Å²) in [6, 6.07) is 1.75. The zero-order valence-electron chi connectivity index (χ0n) is 6.44. The molecular weight excluding hydrogens is 297 g/mol. The first-order valence-electron chi connectivity index (χ1n) is 3.40. The van der Waals surface area contributed by atoms with Gasteiger partial charge in [-0.3, -0.25) is 4.79 Å². The van der Waals surface area contributed by atoms with Crippen molar-refractivity contribution in [3.8, 4) is 0 Å². The number of hydrogen-bond donors (Lipinski definition) is 1. The van der Waals surface area contributed by atoms with E-state index in [1.165, 1.54) is 11.3 Å². The first-order valence-corrected chi connectivity index (χ1v) is 6.09. The van der Waals surface area contributed by atoms with E-state index in [0.29, 0.717) is 20.5 Å². The largest absolute Gasteiger partial charge is 0.351 e. The molecule has 1 N–H and O–H groups in total. The zero-order chi connectivity index (χ0) is 9.84. The summed E-state index contributed by atoms with van der Waals surface area (Å²) in [6.07, 6.45) is 0. The fourth-order valence-electron chi connectivity index (χ4n) is 0.736. The minimum absolute atomic E-state index is 0.0709. The third-order valence-corrected chi connectivity index (χ3v) is 3.40. The minimum atomic E-state index is -0.0709. The molecule has 0 aliphatic carbocycles. The van der Waals surface area contributed by atoms with Gasteiger partial charge >= 0.3 is 0 Å². The molecule has 1 amide bonds. The molecular formula is C7H6BrCl2NOS. The van der Waals surface area contributed by atoms with Gasteiger partial charge in [0.15, 0.2) is 0 Å². The van der Waals surface area contributed by atoms with E-state index in [4.69, 9.17) is 23.2 Å². The molecule has 0 radical (unpaired) electrons. The standard InChI is InChI=1S/C7H6BrCl2NOS/c8-2-6(12)11-3-4-1-5(9)13-7(4)10/h1H,2-3H2,(H,11,12). The molecule has 0 fully saturated rings. The van der Waals surface area contributed by atoms with Gasteiger partial charge in [-0.1, -0.05) is 39.1 Å². The number of alkyl halides is 1. The van der Waals surface area contributed by atoms with Gasteiger partial charge in [0.25, 0.3) is 0 Å². The Balaban J connectivity index is 2.54. The van der Waals surface area contributed by atoms with Gasteiger partial charge in [-0.15, -0.1) is 11.3 Å². The van der Waals surface area contributed by atoms with E-state index in [9.17, 15) is 4.79 Å². The molecule has 1 heterocycles. The molecule has 6 heteroatoms. The molecule has 1 aromatic heterocycles. The molecule has 2 nitrogen and oxygen atoms in total. The molecule has 0 saturated heterocycles. The number of rotatable bonds is 3. The molecule has 13 heavy (non-hydrogen) atoms. The first-order chi connectivity index (χ1) is 6.13. The molecule has 0 bridgehead atoms. The van der Waals surface area contributed by atoms with Crippen LogP contribution in [-0.2, 0) is 11.3 Å². The Hall–Kier alpha value is 0.230. The highest BCUT2D eigenvalue weighted by Gasteiger charge is 2.06. The number of halogens is 3. The van der Waals surface area contributed by atoms with Gasteiger partial charge < -0.3 is 5.32 Å². The first kappa shape index (κ1) is 11.3. The normalized spacial score (nSPS) is 10.1. The molecule has 0 aliphatic heterocycles. The highest BCUT2D eigenvalue weighted by Crippen LogP contribution is 2.30. The van der Waals surface area contributed by atoms with Gasteiger partial charge in [0, 0.05) is 12.1 Å². The quantitative estimate of drug-likeness (QED) is 0.854. The Morgan fingerprint density at radius 3 is 2.77 bits per heavy atom. The maximum Gasteiger partial charge on any atom is 0.230 e. The summed E-state index contributed by atoms with van der Waals surface area (Å²) in [6.45, 7) is 0.423. The topological polar surface area (TPSA) is 29.1 Å². The monoisotopic (exact) mass is 301 g/mol. The van der Waals surface area contributed by atoms with Crippen LogP contribution < -0.4 is 5.32 Å². The lowest BCUT2D eigenvalue weighted by atomic mass is 10.3. The van der Waals surface area contributed by atoms with E-state index in [2.05, 4.69) is 21.2 Å². The predicted octanol–water partition coefficient (Wildman–Crippen LogP) is 3.07. The van der Waals surface area contributed by atoms with Crippen LogP contribution in [0.5, 0.6) is 0 Å². The summed E-state index contributed by atoms with van der Waals surface area (Å²) in [5.41, 5.74) is 0.853. The van der Waals surface area contributed by atoms with Crippen LogP contribution in [0.15, 0.2) is 6.07 Å². The number of nitrogens with one attached hydrogen (secondary N) is 1. The second-order valence-corrected chi connectivity index (χ2v) is 5.11. The summed E-state index contributed by atoms with van der Waals surface area (Å²) in [5.74, 6) is -0.0709. The Kier molecular flexibility index (Phi) is 4.52. The molecule has 0 aliphatic rings.